The van der Waals surface area contributed by atoms with Crippen LogP contribution in [0.3, 0.4) is 0 Å². The van der Waals surface area contributed by atoms with Crippen molar-refractivity contribution in [2.24, 2.45) is 0 Å². The predicted molar refractivity (Wildman–Crippen MR) is 124 cm³/mol. The zero-order valence-corrected chi connectivity index (χ0v) is 19.7. The van der Waals surface area contributed by atoms with Gasteiger partial charge in [0.15, 0.2) is 0 Å². The van der Waals surface area contributed by atoms with Gasteiger partial charge >= 0.3 is 12.1 Å². The van der Waals surface area contributed by atoms with E-state index < -0.39 is 17.3 Å². The first-order valence-corrected chi connectivity index (χ1v) is 11.4. The van der Waals surface area contributed by atoms with Crippen LogP contribution in [-0.4, -0.2) is 41.6 Å². The number of likely N-dealkylation sites (tertiary alicyclic amines) is 1. The summed E-state index contributed by atoms with van der Waals surface area (Å²) in [7, 11) is 0. The van der Waals surface area contributed by atoms with E-state index in [2.05, 4.69) is 10.2 Å². The third kappa shape index (κ3) is 6.58. The molecule has 1 saturated heterocycles. The molecule has 0 atom stereocenters. The second kappa shape index (κ2) is 10.3. The van der Waals surface area contributed by atoms with Crippen LogP contribution in [0.25, 0.3) is 11.1 Å². The molecule has 3 rings (SSSR count). The molecule has 2 aromatic rings. The van der Waals surface area contributed by atoms with E-state index in [4.69, 9.17) is 4.74 Å². The number of carbonyl (C=O) groups is 1. The van der Waals surface area contributed by atoms with Gasteiger partial charge in [-0.25, -0.2) is 0 Å². The minimum Gasteiger partial charge on any atom is -0.462 e. The molecule has 0 spiro atoms. The minimum atomic E-state index is -4.32. The highest BCUT2D eigenvalue weighted by molar-refractivity contribution is 5.80. The molecule has 1 aliphatic heterocycles. The highest BCUT2D eigenvalue weighted by atomic mass is 19.4. The minimum absolute atomic E-state index is 0.123. The fourth-order valence-electron chi connectivity index (χ4n) is 4.06. The van der Waals surface area contributed by atoms with Crippen molar-refractivity contribution < 1.29 is 22.7 Å². The Morgan fingerprint density at radius 2 is 1.52 bits per heavy atom. The lowest BCUT2D eigenvalue weighted by atomic mass is 9.96. The molecule has 1 fully saturated rings. The average molecular weight is 463 g/mol. The lowest BCUT2D eigenvalue weighted by molar-refractivity contribution is -0.161. The maximum atomic E-state index is 12.7. The van der Waals surface area contributed by atoms with Crippen LogP contribution in [0.4, 0.5) is 13.2 Å². The van der Waals surface area contributed by atoms with E-state index in [9.17, 15) is 18.0 Å². The van der Waals surface area contributed by atoms with E-state index in [1.54, 1.807) is 0 Å². The van der Waals surface area contributed by atoms with Crippen molar-refractivity contribution in [3.05, 3.63) is 59.7 Å². The molecule has 33 heavy (non-hydrogen) atoms. The van der Waals surface area contributed by atoms with Crippen LogP contribution < -0.4 is 5.32 Å². The van der Waals surface area contributed by atoms with E-state index in [1.165, 1.54) is 12.1 Å². The molecule has 1 heterocycles. The summed E-state index contributed by atoms with van der Waals surface area (Å²) in [6.45, 7) is 9.93. The van der Waals surface area contributed by atoms with Crippen LogP contribution in [0.2, 0.25) is 0 Å². The van der Waals surface area contributed by atoms with E-state index in [-0.39, 0.29) is 12.1 Å². The number of alkyl halides is 3. The highest BCUT2D eigenvalue weighted by Crippen LogP contribution is 2.31. The summed E-state index contributed by atoms with van der Waals surface area (Å²) in [5.74, 6) is -0.183. The van der Waals surface area contributed by atoms with Crippen molar-refractivity contribution in [3.8, 4) is 11.1 Å². The Kier molecular flexibility index (Phi) is 7.85. The first-order valence-electron chi connectivity index (χ1n) is 11.4. The normalized spacial score (nSPS) is 16.2. The Balaban J connectivity index is 1.49. The number of nitrogens with zero attached hydrogens (tertiary/aromatic N) is 1. The van der Waals surface area contributed by atoms with Gasteiger partial charge in [0.05, 0.1) is 11.7 Å². The molecule has 0 aromatic heterocycles. The number of carbonyl (C=O) groups excluding carboxylic acids is 1. The monoisotopic (exact) mass is 462 g/mol. The number of halogens is 3. The molecule has 0 saturated carbocycles. The Morgan fingerprint density at radius 3 is 2.00 bits per heavy atom. The van der Waals surface area contributed by atoms with Crippen molar-refractivity contribution >= 4 is 5.97 Å². The summed E-state index contributed by atoms with van der Waals surface area (Å²) in [5, 5.41) is 3.59. The maximum Gasteiger partial charge on any atom is 0.416 e. The lowest BCUT2D eigenvalue weighted by Gasteiger charge is -2.41. The Labute approximate surface area is 194 Å². The fraction of sp³-hybridized carbons (Fsp3) is 0.500. The Hall–Kier alpha value is -2.38. The summed E-state index contributed by atoms with van der Waals surface area (Å²) >= 11 is 0. The van der Waals surface area contributed by atoms with Gasteiger partial charge in [-0.1, -0.05) is 36.4 Å². The van der Waals surface area contributed by atoms with Gasteiger partial charge in [-0.15, -0.1) is 0 Å². The quantitative estimate of drug-likeness (QED) is 0.540. The second-order valence-electron chi connectivity index (χ2n) is 9.43. The third-order valence-electron chi connectivity index (χ3n) is 6.22. The van der Waals surface area contributed by atoms with Crippen molar-refractivity contribution in [1.82, 2.24) is 10.2 Å². The number of hydrogen-bond donors (Lipinski definition) is 1. The molecule has 180 valence electrons. The Bertz CT molecular complexity index is 914. The molecule has 1 aliphatic rings. The number of ether oxygens (including phenoxy) is 1. The molecule has 0 bridgehead atoms. The Morgan fingerprint density at radius 1 is 1.00 bits per heavy atom. The zero-order valence-electron chi connectivity index (χ0n) is 19.7. The van der Waals surface area contributed by atoms with Gasteiger partial charge in [-0.2, -0.15) is 13.2 Å². The van der Waals surface area contributed by atoms with Crippen LogP contribution in [0.5, 0.6) is 0 Å². The molecule has 7 heteroatoms. The number of hydrogen-bond acceptors (Lipinski definition) is 4. The highest BCUT2D eigenvalue weighted by Gasteiger charge is 2.38. The number of piperidine rings is 1. The molecule has 0 amide bonds. The van der Waals surface area contributed by atoms with E-state index in [0.29, 0.717) is 6.04 Å². The topological polar surface area (TPSA) is 41.6 Å². The molecule has 0 aliphatic carbocycles. The van der Waals surface area contributed by atoms with Crippen LogP contribution in [0.15, 0.2) is 48.5 Å². The third-order valence-corrected chi connectivity index (χ3v) is 6.22. The van der Waals surface area contributed by atoms with Crippen molar-refractivity contribution in [2.45, 2.75) is 70.9 Å². The second-order valence-corrected chi connectivity index (χ2v) is 9.43. The van der Waals surface area contributed by atoms with Gasteiger partial charge in [-0.3, -0.25) is 9.69 Å². The van der Waals surface area contributed by atoms with Gasteiger partial charge in [0.1, 0.15) is 5.54 Å². The van der Waals surface area contributed by atoms with Crippen LogP contribution >= 0.6 is 0 Å². The van der Waals surface area contributed by atoms with Gasteiger partial charge in [-0.05, 0) is 69.4 Å². The molecule has 1 N–H and O–H groups in total. The summed E-state index contributed by atoms with van der Waals surface area (Å²) in [5.41, 5.74) is 1.49. The molecule has 4 nitrogen and oxygen atoms in total. The van der Waals surface area contributed by atoms with Gasteiger partial charge in [0, 0.05) is 25.7 Å². The van der Waals surface area contributed by atoms with Crippen molar-refractivity contribution in [2.75, 3.05) is 13.1 Å². The van der Waals surface area contributed by atoms with Gasteiger partial charge < -0.3 is 10.1 Å². The van der Waals surface area contributed by atoms with E-state index in [0.717, 1.165) is 61.3 Å². The van der Waals surface area contributed by atoms with E-state index >= 15 is 0 Å². The summed E-state index contributed by atoms with van der Waals surface area (Å²) < 4.78 is 43.6. The van der Waals surface area contributed by atoms with Crippen LogP contribution in [0.1, 0.15) is 51.7 Å². The standard InChI is InChI=1S/C26H33F3N2O2/c1-18(2)33-24(32)25(3,4)31-15-13-23(14-16-31)30-17-19-5-7-20(8-6-19)21-9-11-22(12-10-21)26(27,28)29/h5-12,18,23,30H,13-17H2,1-4H3. The average Bonchev–Trinajstić information content (AvgIpc) is 2.77. The molecular formula is C26H33F3N2O2. The lowest BCUT2D eigenvalue weighted by Crippen LogP contribution is -2.56. The van der Waals surface area contributed by atoms with Gasteiger partial charge in [0.25, 0.3) is 0 Å². The number of esters is 1. The molecule has 0 radical (unpaired) electrons. The molecule has 2 aromatic carbocycles. The largest absolute Gasteiger partial charge is 0.462 e. The maximum absolute atomic E-state index is 12.7. The van der Waals surface area contributed by atoms with Crippen molar-refractivity contribution in [3.63, 3.8) is 0 Å². The van der Waals surface area contributed by atoms with E-state index in [1.807, 2.05) is 52.0 Å². The predicted octanol–water partition coefficient (Wildman–Crippen LogP) is 5.66. The number of rotatable bonds is 7. The first kappa shape index (κ1) is 25.2. The summed E-state index contributed by atoms with van der Waals surface area (Å²) in [6, 6.07) is 13.5. The zero-order chi connectivity index (χ0) is 24.2. The summed E-state index contributed by atoms with van der Waals surface area (Å²) in [6.07, 6.45) is -2.55. The fourth-order valence-corrected chi connectivity index (χ4v) is 4.06. The van der Waals surface area contributed by atoms with Crippen LogP contribution in [0, 0.1) is 0 Å². The summed E-state index contributed by atoms with van der Waals surface area (Å²) in [4.78, 5) is 14.6. The van der Waals surface area contributed by atoms with Crippen molar-refractivity contribution in [1.29, 1.82) is 0 Å². The first-order chi connectivity index (χ1) is 15.5. The number of nitrogens with one attached hydrogen (secondary N) is 1. The van der Waals surface area contributed by atoms with Crippen LogP contribution in [-0.2, 0) is 22.3 Å². The van der Waals surface area contributed by atoms with Gasteiger partial charge in [0.2, 0.25) is 0 Å². The number of benzene rings is 2. The molecular weight excluding hydrogens is 429 g/mol. The molecule has 0 unspecified atom stereocenters. The smallest absolute Gasteiger partial charge is 0.416 e. The SMILES string of the molecule is CC(C)OC(=O)C(C)(C)N1CCC(NCc2ccc(-c3ccc(C(F)(F)F)cc3)cc2)CC1.